The third-order valence-corrected chi connectivity index (χ3v) is 5.08. The lowest BCUT2D eigenvalue weighted by atomic mass is 9.96. The number of nitriles is 1. The van der Waals surface area contributed by atoms with Crippen molar-refractivity contribution < 1.29 is 0 Å². The molecule has 2 aromatic rings. The molecule has 2 aromatic carbocycles. The van der Waals surface area contributed by atoms with Gasteiger partial charge in [0, 0.05) is 10.6 Å². The maximum Gasteiger partial charge on any atom is 0.110 e. The Bertz CT molecular complexity index is 765. The normalized spacial score (nSPS) is 14.8. The summed E-state index contributed by atoms with van der Waals surface area (Å²) in [7, 11) is 0. The number of benzene rings is 2. The number of nitrogens with zero attached hydrogens (tertiary/aromatic N) is 2. The molecule has 0 bridgehead atoms. The van der Waals surface area contributed by atoms with Crippen LogP contribution in [0.4, 0.5) is 5.69 Å². The summed E-state index contributed by atoms with van der Waals surface area (Å²) >= 11 is 13.7. The molecule has 0 aromatic heterocycles. The fraction of sp³-hybridized carbons (Fsp3) is 0.125. The van der Waals surface area contributed by atoms with Gasteiger partial charge >= 0.3 is 0 Å². The molecule has 21 heavy (non-hydrogen) atoms. The third kappa shape index (κ3) is 2.94. The Morgan fingerprint density at radius 2 is 1.95 bits per heavy atom. The quantitative estimate of drug-likeness (QED) is 0.730. The number of thioether (sulfide) groups is 1. The third-order valence-electron chi connectivity index (χ3n) is 3.24. The molecular weight excluding hydrogens is 323 g/mol. The van der Waals surface area contributed by atoms with Gasteiger partial charge in [-0.2, -0.15) is 5.26 Å². The van der Waals surface area contributed by atoms with E-state index in [0.29, 0.717) is 15.8 Å². The van der Waals surface area contributed by atoms with Crippen molar-refractivity contribution in [2.75, 3.05) is 5.75 Å². The Morgan fingerprint density at radius 3 is 2.71 bits per heavy atom. The van der Waals surface area contributed by atoms with Crippen LogP contribution in [0.25, 0.3) is 0 Å². The Balaban J connectivity index is 2.00. The number of hydrogen-bond acceptors (Lipinski definition) is 3. The highest BCUT2D eigenvalue weighted by atomic mass is 35.5. The van der Waals surface area contributed by atoms with Crippen molar-refractivity contribution in [2.24, 2.45) is 4.99 Å². The smallest absolute Gasteiger partial charge is 0.110 e. The highest BCUT2D eigenvalue weighted by Gasteiger charge is 2.22. The van der Waals surface area contributed by atoms with Crippen LogP contribution in [0.3, 0.4) is 0 Å². The molecule has 104 valence electrons. The first kappa shape index (κ1) is 14.5. The summed E-state index contributed by atoms with van der Waals surface area (Å²) in [6.45, 7) is 0. The summed E-state index contributed by atoms with van der Waals surface area (Å²) in [6.07, 6.45) is 0. The van der Waals surface area contributed by atoms with E-state index in [4.69, 9.17) is 23.2 Å². The molecule has 1 unspecified atom stereocenters. The largest absolute Gasteiger partial charge is 0.254 e. The Hall–Kier alpha value is -1.47. The Kier molecular flexibility index (Phi) is 4.21. The first-order chi connectivity index (χ1) is 10.2. The standard InChI is InChI=1S/C16H10Cl2N2S/c17-12-6-5-10(7-13(12)18)11(8-19)15-9-21-16-4-2-1-3-14(16)20-15/h1-7,11H,9H2. The second-order valence-corrected chi connectivity index (χ2v) is 6.43. The van der Waals surface area contributed by atoms with Gasteiger partial charge in [0.2, 0.25) is 0 Å². The zero-order valence-corrected chi connectivity index (χ0v) is 13.2. The number of hydrogen-bond donors (Lipinski definition) is 0. The summed E-state index contributed by atoms with van der Waals surface area (Å²) in [4.78, 5) is 5.79. The molecule has 0 amide bonds. The van der Waals surface area contributed by atoms with Crippen molar-refractivity contribution in [1.29, 1.82) is 5.26 Å². The Labute approximate surface area is 137 Å². The van der Waals surface area contributed by atoms with Crippen molar-refractivity contribution in [3.05, 3.63) is 58.1 Å². The van der Waals surface area contributed by atoms with Crippen LogP contribution in [0.1, 0.15) is 11.5 Å². The first-order valence-electron chi connectivity index (χ1n) is 6.33. The van der Waals surface area contributed by atoms with Crippen LogP contribution in [-0.2, 0) is 0 Å². The second-order valence-electron chi connectivity index (χ2n) is 4.60. The highest BCUT2D eigenvalue weighted by Crippen LogP contribution is 2.37. The number of aliphatic imine (C=N–C) groups is 1. The summed E-state index contributed by atoms with van der Waals surface area (Å²) in [5, 5.41) is 10.5. The maximum atomic E-state index is 9.52. The molecule has 1 aliphatic rings. The lowest BCUT2D eigenvalue weighted by Gasteiger charge is -2.18. The van der Waals surface area contributed by atoms with Gasteiger partial charge in [0.25, 0.3) is 0 Å². The van der Waals surface area contributed by atoms with E-state index in [2.05, 4.69) is 11.1 Å². The molecule has 0 radical (unpaired) electrons. The molecule has 5 heteroatoms. The molecule has 1 atom stereocenters. The number of halogens is 2. The molecule has 0 aliphatic carbocycles. The van der Waals surface area contributed by atoms with Gasteiger partial charge in [-0.15, -0.1) is 11.8 Å². The minimum atomic E-state index is -0.402. The van der Waals surface area contributed by atoms with E-state index < -0.39 is 5.92 Å². The average Bonchev–Trinajstić information content (AvgIpc) is 2.51. The van der Waals surface area contributed by atoms with Crippen molar-refractivity contribution >= 4 is 46.4 Å². The summed E-state index contributed by atoms with van der Waals surface area (Å²) in [6, 6.07) is 15.6. The van der Waals surface area contributed by atoms with Crippen LogP contribution in [0.15, 0.2) is 52.4 Å². The summed E-state index contributed by atoms with van der Waals surface area (Å²) < 4.78 is 0. The second kappa shape index (κ2) is 6.11. The molecule has 0 fully saturated rings. The summed E-state index contributed by atoms with van der Waals surface area (Å²) in [5.41, 5.74) is 2.59. The number of para-hydroxylation sites is 1. The van der Waals surface area contributed by atoms with Crippen molar-refractivity contribution in [2.45, 2.75) is 10.8 Å². The van der Waals surface area contributed by atoms with Crippen LogP contribution >= 0.6 is 35.0 Å². The minimum Gasteiger partial charge on any atom is -0.254 e. The van der Waals surface area contributed by atoms with Gasteiger partial charge < -0.3 is 0 Å². The van der Waals surface area contributed by atoms with Gasteiger partial charge in [-0.3, -0.25) is 4.99 Å². The average molecular weight is 333 g/mol. The van der Waals surface area contributed by atoms with Crippen molar-refractivity contribution in [3.8, 4) is 6.07 Å². The van der Waals surface area contributed by atoms with Crippen LogP contribution in [0.5, 0.6) is 0 Å². The van der Waals surface area contributed by atoms with Gasteiger partial charge in [0.05, 0.1) is 27.5 Å². The molecule has 0 spiro atoms. The van der Waals surface area contributed by atoms with E-state index in [-0.39, 0.29) is 0 Å². The van der Waals surface area contributed by atoms with Gasteiger partial charge in [-0.1, -0.05) is 41.4 Å². The predicted molar refractivity (Wildman–Crippen MR) is 89.1 cm³/mol. The lowest BCUT2D eigenvalue weighted by molar-refractivity contribution is 1.12. The van der Waals surface area contributed by atoms with Gasteiger partial charge in [0.1, 0.15) is 5.92 Å². The molecule has 0 saturated carbocycles. The first-order valence-corrected chi connectivity index (χ1v) is 8.07. The van der Waals surface area contributed by atoms with Crippen LogP contribution in [-0.4, -0.2) is 11.5 Å². The molecule has 1 heterocycles. The molecule has 1 aliphatic heterocycles. The van der Waals surface area contributed by atoms with Gasteiger partial charge in [-0.25, -0.2) is 0 Å². The predicted octanol–water partition coefficient (Wildman–Crippen LogP) is 5.48. The van der Waals surface area contributed by atoms with E-state index in [1.165, 1.54) is 0 Å². The van der Waals surface area contributed by atoms with Gasteiger partial charge in [0.15, 0.2) is 0 Å². The van der Waals surface area contributed by atoms with Gasteiger partial charge in [-0.05, 0) is 29.8 Å². The SMILES string of the molecule is N#CC(C1=Nc2ccccc2SC1)c1ccc(Cl)c(Cl)c1. The van der Waals surface area contributed by atoms with E-state index in [0.717, 1.165) is 21.9 Å². The van der Waals surface area contributed by atoms with Crippen LogP contribution in [0.2, 0.25) is 10.0 Å². The molecule has 0 saturated heterocycles. The van der Waals surface area contributed by atoms with E-state index in [1.807, 2.05) is 30.3 Å². The molecule has 3 rings (SSSR count). The number of fused-ring (bicyclic) bond motifs is 1. The van der Waals surface area contributed by atoms with Crippen molar-refractivity contribution in [3.63, 3.8) is 0 Å². The topological polar surface area (TPSA) is 36.1 Å². The fourth-order valence-electron chi connectivity index (χ4n) is 2.19. The molecule has 2 nitrogen and oxygen atoms in total. The zero-order valence-electron chi connectivity index (χ0n) is 10.9. The van der Waals surface area contributed by atoms with Crippen LogP contribution in [0, 0.1) is 11.3 Å². The monoisotopic (exact) mass is 332 g/mol. The van der Waals surface area contributed by atoms with Crippen molar-refractivity contribution in [1.82, 2.24) is 0 Å². The Morgan fingerprint density at radius 1 is 1.14 bits per heavy atom. The maximum absolute atomic E-state index is 9.52. The fourth-order valence-corrected chi connectivity index (χ4v) is 3.47. The van der Waals surface area contributed by atoms with E-state index in [1.54, 1.807) is 23.9 Å². The minimum absolute atomic E-state index is 0.402. The van der Waals surface area contributed by atoms with E-state index >= 15 is 0 Å². The zero-order chi connectivity index (χ0) is 14.8. The number of rotatable bonds is 2. The van der Waals surface area contributed by atoms with E-state index in [9.17, 15) is 5.26 Å². The summed E-state index contributed by atoms with van der Waals surface area (Å²) in [5.74, 6) is 0.302. The van der Waals surface area contributed by atoms with Crippen LogP contribution < -0.4 is 0 Å². The molecule has 0 N–H and O–H groups in total. The highest BCUT2D eigenvalue weighted by molar-refractivity contribution is 8.00. The molecular formula is C16H10Cl2N2S. The lowest BCUT2D eigenvalue weighted by Crippen LogP contribution is -2.15.